The van der Waals surface area contributed by atoms with Gasteiger partial charge in [0.15, 0.2) is 6.61 Å². The van der Waals surface area contributed by atoms with Crippen molar-refractivity contribution in [2.24, 2.45) is 4.99 Å². The highest BCUT2D eigenvalue weighted by Gasteiger charge is 2.28. The van der Waals surface area contributed by atoms with Gasteiger partial charge in [0.2, 0.25) is 0 Å². The number of hydrogen-bond acceptors (Lipinski definition) is 6. The van der Waals surface area contributed by atoms with E-state index in [1.165, 1.54) is 25.6 Å². The number of benzene rings is 1. The van der Waals surface area contributed by atoms with Crippen LogP contribution in [0.25, 0.3) is 5.70 Å². The molecular formula is C18H15F3N4O2. The molecule has 1 aromatic heterocycles. The van der Waals surface area contributed by atoms with E-state index in [2.05, 4.69) is 21.5 Å². The van der Waals surface area contributed by atoms with E-state index in [4.69, 9.17) is 9.47 Å². The molecular weight excluding hydrogens is 361 g/mol. The minimum Gasteiger partial charge on any atom is -0.484 e. The second kappa shape index (κ2) is 7.48. The summed E-state index contributed by atoms with van der Waals surface area (Å²) in [5.74, 6) is 0.104. The van der Waals surface area contributed by atoms with Gasteiger partial charge in [-0.1, -0.05) is 6.58 Å². The Bertz CT molecular complexity index is 878. The molecule has 9 heteroatoms. The monoisotopic (exact) mass is 376 g/mol. The number of halogens is 3. The Balaban J connectivity index is 1.82. The highest BCUT2D eigenvalue weighted by Crippen LogP contribution is 2.30. The molecule has 27 heavy (non-hydrogen) atoms. The van der Waals surface area contributed by atoms with E-state index in [1.54, 1.807) is 35.4 Å². The lowest BCUT2D eigenvalue weighted by Crippen LogP contribution is -2.32. The van der Waals surface area contributed by atoms with E-state index in [0.29, 0.717) is 22.8 Å². The third-order valence-electron chi connectivity index (χ3n) is 3.52. The summed E-state index contributed by atoms with van der Waals surface area (Å²) in [5, 5.41) is 0. The Kier molecular flexibility index (Phi) is 5.11. The van der Waals surface area contributed by atoms with Gasteiger partial charge < -0.3 is 9.47 Å². The second-order valence-electron chi connectivity index (χ2n) is 5.45. The van der Waals surface area contributed by atoms with Crippen LogP contribution >= 0.6 is 0 Å². The first-order chi connectivity index (χ1) is 12.9. The molecule has 0 unspecified atom stereocenters. The SMILES string of the molecule is C=C1C=C(c2ccncn2)N=C(OC)N1c1ccc(OCC(F)(F)F)cc1. The molecule has 0 fully saturated rings. The quantitative estimate of drug-likeness (QED) is 0.813. The number of aliphatic imine (C=N–C) groups is 1. The molecule has 0 radical (unpaired) electrons. The van der Waals surface area contributed by atoms with Crippen LogP contribution < -0.4 is 9.64 Å². The maximum absolute atomic E-state index is 12.2. The number of allylic oxidation sites excluding steroid dienone is 1. The third kappa shape index (κ3) is 4.43. The number of rotatable bonds is 4. The van der Waals surface area contributed by atoms with E-state index in [1.807, 2.05) is 0 Å². The Hall–Kier alpha value is -3.36. The van der Waals surface area contributed by atoms with Crippen LogP contribution in [-0.2, 0) is 4.74 Å². The minimum absolute atomic E-state index is 0.104. The van der Waals surface area contributed by atoms with Gasteiger partial charge in [-0.05, 0) is 36.4 Å². The second-order valence-corrected chi connectivity index (χ2v) is 5.45. The van der Waals surface area contributed by atoms with Gasteiger partial charge >= 0.3 is 12.2 Å². The standard InChI is InChI=1S/C18H15F3N4O2/c1-12-9-16(15-7-8-22-11-23-15)24-17(26-2)25(12)13-3-5-14(6-4-13)27-10-18(19,20)21/h3-9,11H,1,10H2,2H3. The Morgan fingerprint density at radius 3 is 2.48 bits per heavy atom. The molecule has 6 nitrogen and oxygen atoms in total. The van der Waals surface area contributed by atoms with Crippen LogP contribution in [0.1, 0.15) is 5.69 Å². The summed E-state index contributed by atoms with van der Waals surface area (Å²) in [6.45, 7) is 2.65. The number of hydrogen-bond donors (Lipinski definition) is 0. The van der Waals surface area contributed by atoms with Gasteiger partial charge in [0, 0.05) is 11.9 Å². The van der Waals surface area contributed by atoms with E-state index in [-0.39, 0.29) is 11.8 Å². The lowest BCUT2D eigenvalue weighted by Gasteiger charge is -2.28. The Morgan fingerprint density at radius 1 is 1.15 bits per heavy atom. The number of methoxy groups -OCH3 is 1. The van der Waals surface area contributed by atoms with Crippen LogP contribution in [0, 0.1) is 0 Å². The topological polar surface area (TPSA) is 59.8 Å². The van der Waals surface area contributed by atoms with Gasteiger partial charge in [-0.3, -0.25) is 4.90 Å². The van der Waals surface area contributed by atoms with Crippen molar-refractivity contribution < 1.29 is 22.6 Å². The maximum Gasteiger partial charge on any atom is 0.422 e. The zero-order chi connectivity index (χ0) is 19.4. The lowest BCUT2D eigenvalue weighted by atomic mass is 10.2. The predicted octanol–water partition coefficient (Wildman–Crippen LogP) is 3.79. The zero-order valence-corrected chi connectivity index (χ0v) is 14.3. The fraction of sp³-hybridized carbons (Fsp3) is 0.167. The molecule has 0 saturated carbocycles. The number of anilines is 1. The molecule has 0 atom stereocenters. The molecule has 0 bridgehead atoms. The maximum atomic E-state index is 12.2. The fourth-order valence-electron chi connectivity index (χ4n) is 2.37. The number of ether oxygens (including phenoxy) is 2. The molecule has 1 aliphatic rings. The summed E-state index contributed by atoms with van der Waals surface area (Å²) in [7, 11) is 1.46. The van der Waals surface area contributed by atoms with E-state index in [9.17, 15) is 13.2 Å². The van der Waals surface area contributed by atoms with Crippen LogP contribution in [-0.4, -0.2) is 35.9 Å². The summed E-state index contributed by atoms with van der Waals surface area (Å²) in [6.07, 6.45) is 0.337. The summed E-state index contributed by atoms with van der Waals surface area (Å²) in [5.41, 5.74) is 2.33. The first-order valence-electron chi connectivity index (χ1n) is 7.77. The number of aromatic nitrogens is 2. The summed E-state index contributed by atoms with van der Waals surface area (Å²) < 4.78 is 46.8. The normalized spacial score (nSPS) is 14.5. The average Bonchev–Trinajstić information content (AvgIpc) is 2.66. The van der Waals surface area contributed by atoms with Crippen LogP contribution in [0.15, 0.2) is 66.2 Å². The predicted molar refractivity (Wildman–Crippen MR) is 94.1 cm³/mol. The summed E-state index contributed by atoms with van der Waals surface area (Å²) >= 11 is 0. The first-order valence-corrected chi connectivity index (χ1v) is 7.77. The first kappa shape index (κ1) is 18.4. The van der Waals surface area contributed by atoms with Crippen LogP contribution in [0.2, 0.25) is 0 Å². The van der Waals surface area contributed by atoms with Crippen molar-refractivity contribution in [1.82, 2.24) is 9.97 Å². The van der Waals surface area contributed by atoms with Crippen LogP contribution in [0.3, 0.4) is 0 Å². The highest BCUT2D eigenvalue weighted by molar-refractivity contribution is 6.01. The van der Waals surface area contributed by atoms with Crippen LogP contribution in [0.4, 0.5) is 18.9 Å². The number of alkyl halides is 3. The van der Waals surface area contributed by atoms with Crippen LogP contribution in [0.5, 0.6) is 5.75 Å². The molecule has 1 aliphatic heterocycles. The van der Waals surface area contributed by atoms with Crippen molar-refractivity contribution in [2.75, 3.05) is 18.6 Å². The van der Waals surface area contributed by atoms with Gasteiger partial charge in [0.1, 0.15) is 12.1 Å². The Labute approximate surface area is 153 Å². The fourth-order valence-corrected chi connectivity index (χ4v) is 2.37. The lowest BCUT2D eigenvalue weighted by molar-refractivity contribution is -0.153. The molecule has 140 valence electrons. The van der Waals surface area contributed by atoms with Gasteiger partial charge in [-0.25, -0.2) is 9.97 Å². The molecule has 0 saturated heterocycles. The molecule has 3 rings (SSSR count). The molecule has 0 aliphatic carbocycles. The molecule has 0 amide bonds. The number of amidine groups is 1. The zero-order valence-electron chi connectivity index (χ0n) is 14.3. The highest BCUT2D eigenvalue weighted by atomic mass is 19.4. The molecule has 0 spiro atoms. The number of nitrogens with zero attached hydrogens (tertiary/aromatic N) is 4. The summed E-state index contributed by atoms with van der Waals surface area (Å²) in [6, 6.07) is 8.01. The molecule has 2 heterocycles. The average molecular weight is 376 g/mol. The van der Waals surface area contributed by atoms with Gasteiger partial charge in [0.05, 0.1) is 24.2 Å². The largest absolute Gasteiger partial charge is 0.484 e. The van der Waals surface area contributed by atoms with Gasteiger partial charge in [-0.2, -0.15) is 18.2 Å². The van der Waals surface area contributed by atoms with Crippen molar-refractivity contribution in [3.8, 4) is 5.75 Å². The van der Waals surface area contributed by atoms with Gasteiger partial charge in [0.25, 0.3) is 0 Å². The molecule has 1 aromatic carbocycles. The van der Waals surface area contributed by atoms with E-state index in [0.717, 1.165) is 0 Å². The third-order valence-corrected chi connectivity index (χ3v) is 3.52. The van der Waals surface area contributed by atoms with E-state index < -0.39 is 12.8 Å². The molecule has 2 aromatic rings. The minimum atomic E-state index is -4.39. The van der Waals surface area contributed by atoms with E-state index >= 15 is 0 Å². The smallest absolute Gasteiger partial charge is 0.422 e. The van der Waals surface area contributed by atoms with Crippen molar-refractivity contribution in [2.45, 2.75) is 6.18 Å². The van der Waals surface area contributed by atoms with Gasteiger partial charge in [-0.15, -0.1) is 0 Å². The van der Waals surface area contributed by atoms with Crippen molar-refractivity contribution in [3.63, 3.8) is 0 Å². The molecule has 0 N–H and O–H groups in total. The van der Waals surface area contributed by atoms with Crippen molar-refractivity contribution >= 4 is 17.4 Å². The Morgan fingerprint density at radius 2 is 1.89 bits per heavy atom. The van der Waals surface area contributed by atoms with Crippen molar-refractivity contribution in [3.05, 3.63) is 66.9 Å². The van der Waals surface area contributed by atoms with Crippen molar-refractivity contribution in [1.29, 1.82) is 0 Å². The summed E-state index contributed by atoms with van der Waals surface area (Å²) in [4.78, 5) is 14.1.